The minimum absolute atomic E-state index is 0.322. The highest BCUT2D eigenvalue weighted by atomic mass is 32.2. The first-order valence-electron chi connectivity index (χ1n) is 6.95. The predicted octanol–water partition coefficient (Wildman–Crippen LogP) is 2.71. The van der Waals surface area contributed by atoms with Gasteiger partial charge in [0.15, 0.2) is 0 Å². The first-order valence-corrected chi connectivity index (χ1v) is 8.44. The van der Waals surface area contributed by atoms with Gasteiger partial charge in [-0.2, -0.15) is 0 Å². The van der Waals surface area contributed by atoms with Crippen LogP contribution in [0.1, 0.15) is 0 Å². The van der Waals surface area contributed by atoms with Crippen molar-refractivity contribution in [2.45, 2.75) is 9.79 Å². The second kappa shape index (κ2) is 4.91. The van der Waals surface area contributed by atoms with Gasteiger partial charge in [0.1, 0.15) is 0 Å². The van der Waals surface area contributed by atoms with E-state index in [0.717, 1.165) is 11.4 Å². The summed E-state index contributed by atoms with van der Waals surface area (Å²) in [6, 6.07) is 10.7. The Balaban J connectivity index is 2.19. The molecule has 0 spiro atoms. The number of sulfone groups is 1. The molecule has 0 saturated heterocycles. The van der Waals surface area contributed by atoms with E-state index >= 15 is 0 Å². The van der Waals surface area contributed by atoms with E-state index in [1.165, 1.54) is 0 Å². The summed E-state index contributed by atoms with van der Waals surface area (Å²) < 4.78 is 25.6. The average Bonchev–Trinajstić information content (AvgIpc) is 2.46. The lowest BCUT2D eigenvalue weighted by molar-refractivity contribution is 0.596. The van der Waals surface area contributed by atoms with E-state index < -0.39 is 9.84 Å². The van der Waals surface area contributed by atoms with Gasteiger partial charge in [-0.25, -0.2) is 8.42 Å². The molecule has 116 valence electrons. The molecule has 0 fully saturated rings. The van der Waals surface area contributed by atoms with Crippen molar-refractivity contribution < 1.29 is 8.42 Å². The maximum absolute atomic E-state index is 12.8. The van der Waals surface area contributed by atoms with Crippen molar-refractivity contribution in [1.82, 2.24) is 0 Å². The third-order valence-electron chi connectivity index (χ3n) is 3.81. The minimum atomic E-state index is -3.49. The molecule has 0 radical (unpaired) electrons. The predicted molar refractivity (Wildman–Crippen MR) is 90.3 cm³/mol. The Hall–Kier alpha value is -2.21. The molecular formula is C16H19N3O2S. The zero-order chi connectivity index (χ0) is 16.1. The first kappa shape index (κ1) is 14.7. The summed E-state index contributed by atoms with van der Waals surface area (Å²) in [6.45, 7) is 0. The molecule has 2 aromatic rings. The van der Waals surface area contributed by atoms with Gasteiger partial charge in [-0.15, -0.1) is 0 Å². The topological polar surface area (TPSA) is 52.6 Å². The smallest absolute Gasteiger partial charge is 0.210 e. The number of nitrogens with one attached hydrogen (secondary N) is 1. The van der Waals surface area contributed by atoms with E-state index in [1.54, 1.807) is 12.1 Å². The Morgan fingerprint density at radius 3 is 1.55 bits per heavy atom. The van der Waals surface area contributed by atoms with Crippen LogP contribution in [-0.2, 0) is 9.84 Å². The number of hydrogen-bond donors (Lipinski definition) is 1. The van der Waals surface area contributed by atoms with Crippen molar-refractivity contribution >= 4 is 32.6 Å². The summed E-state index contributed by atoms with van der Waals surface area (Å²) in [5.74, 6) is 0. The zero-order valence-corrected chi connectivity index (χ0v) is 13.9. The van der Waals surface area contributed by atoms with Crippen LogP contribution in [0.5, 0.6) is 0 Å². The molecule has 0 amide bonds. The number of benzene rings is 2. The molecule has 22 heavy (non-hydrogen) atoms. The fourth-order valence-corrected chi connectivity index (χ4v) is 4.05. The van der Waals surface area contributed by atoms with Crippen molar-refractivity contribution in [1.29, 1.82) is 0 Å². The number of rotatable bonds is 2. The summed E-state index contributed by atoms with van der Waals surface area (Å²) in [6.07, 6.45) is 0. The third kappa shape index (κ3) is 2.20. The molecule has 3 rings (SSSR count). The summed E-state index contributed by atoms with van der Waals surface area (Å²) in [5, 5.41) is 3.25. The van der Waals surface area contributed by atoms with E-state index in [0.29, 0.717) is 21.2 Å². The molecule has 6 heteroatoms. The van der Waals surface area contributed by atoms with Gasteiger partial charge in [0.25, 0.3) is 0 Å². The van der Waals surface area contributed by atoms with Crippen LogP contribution < -0.4 is 15.1 Å². The van der Waals surface area contributed by atoms with Crippen LogP contribution in [0.25, 0.3) is 0 Å². The Bertz CT molecular complexity index is 779. The van der Waals surface area contributed by atoms with Gasteiger partial charge in [0.05, 0.1) is 21.2 Å². The van der Waals surface area contributed by atoms with Crippen LogP contribution in [0, 0.1) is 0 Å². The van der Waals surface area contributed by atoms with Crippen LogP contribution in [0.2, 0.25) is 0 Å². The molecular weight excluding hydrogens is 298 g/mol. The van der Waals surface area contributed by atoms with Crippen molar-refractivity contribution in [2.75, 3.05) is 43.3 Å². The molecule has 2 aromatic carbocycles. The molecule has 0 unspecified atom stereocenters. The second-order valence-corrected chi connectivity index (χ2v) is 7.66. The van der Waals surface area contributed by atoms with Crippen LogP contribution >= 0.6 is 0 Å². The quantitative estimate of drug-likeness (QED) is 0.787. The zero-order valence-electron chi connectivity index (χ0n) is 13.1. The fourth-order valence-electron chi connectivity index (χ4n) is 2.52. The minimum Gasteiger partial charge on any atom is -0.378 e. The van der Waals surface area contributed by atoms with E-state index in [4.69, 9.17) is 0 Å². The Kier molecular flexibility index (Phi) is 3.29. The summed E-state index contributed by atoms with van der Waals surface area (Å²) in [5.41, 5.74) is 3.14. The highest BCUT2D eigenvalue weighted by Gasteiger charge is 2.30. The largest absolute Gasteiger partial charge is 0.378 e. The van der Waals surface area contributed by atoms with Gasteiger partial charge in [-0.05, 0) is 36.4 Å². The summed E-state index contributed by atoms with van der Waals surface area (Å²) >= 11 is 0. The number of hydrogen-bond acceptors (Lipinski definition) is 5. The lowest BCUT2D eigenvalue weighted by atomic mass is 10.2. The molecule has 0 aliphatic carbocycles. The van der Waals surface area contributed by atoms with Gasteiger partial charge in [-0.3, -0.25) is 0 Å². The third-order valence-corrected chi connectivity index (χ3v) is 5.68. The van der Waals surface area contributed by atoms with Gasteiger partial charge in [-0.1, -0.05) is 0 Å². The number of fused-ring (bicyclic) bond motifs is 2. The number of nitrogens with zero attached hydrogens (tertiary/aromatic N) is 2. The van der Waals surface area contributed by atoms with Crippen LogP contribution in [-0.4, -0.2) is 36.6 Å². The van der Waals surface area contributed by atoms with Crippen molar-refractivity contribution in [3.05, 3.63) is 36.4 Å². The molecule has 0 saturated carbocycles. The molecule has 1 heterocycles. The Morgan fingerprint density at radius 2 is 1.18 bits per heavy atom. The van der Waals surface area contributed by atoms with E-state index in [2.05, 4.69) is 5.32 Å². The van der Waals surface area contributed by atoms with Gasteiger partial charge >= 0.3 is 0 Å². The van der Waals surface area contributed by atoms with Crippen molar-refractivity contribution in [3.63, 3.8) is 0 Å². The molecule has 0 bridgehead atoms. The van der Waals surface area contributed by atoms with Gasteiger partial charge in [0, 0.05) is 39.6 Å². The summed E-state index contributed by atoms with van der Waals surface area (Å²) in [7, 11) is 4.23. The van der Waals surface area contributed by atoms with Gasteiger partial charge < -0.3 is 15.1 Å². The molecule has 0 aromatic heterocycles. The van der Waals surface area contributed by atoms with Gasteiger partial charge in [0.2, 0.25) is 9.84 Å². The lowest BCUT2D eigenvalue weighted by Crippen LogP contribution is -2.16. The maximum Gasteiger partial charge on any atom is 0.210 e. The Morgan fingerprint density at radius 1 is 0.773 bits per heavy atom. The highest BCUT2D eigenvalue weighted by Crippen LogP contribution is 2.41. The van der Waals surface area contributed by atoms with Crippen molar-refractivity contribution in [2.24, 2.45) is 0 Å². The van der Waals surface area contributed by atoms with Crippen LogP contribution in [0.3, 0.4) is 0 Å². The SMILES string of the molecule is CN(C)c1ccc2c(c1)Nc1cc(N(C)C)ccc1S2(=O)=O. The lowest BCUT2D eigenvalue weighted by Gasteiger charge is -2.25. The van der Waals surface area contributed by atoms with Crippen molar-refractivity contribution in [3.8, 4) is 0 Å². The average molecular weight is 317 g/mol. The molecule has 5 nitrogen and oxygen atoms in total. The molecule has 1 aliphatic heterocycles. The van der Waals surface area contributed by atoms with E-state index in [1.807, 2.05) is 62.3 Å². The highest BCUT2D eigenvalue weighted by molar-refractivity contribution is 7.92. The van der Waals surface area contributed by atoms with Crippen LogP contribution in [0.4, 0.5) is 22.7 Å². The maximum atomic E-state index is 12.8. The normalized spacial score (nSPS) is 14.5. The van der Waals surface area contributed by atoms with E-state index in [9.17, 15) is 8.42 Å². The monoisotopic (exact) mass is 317 g/mol. The van der Waals surface area contributed by atoms with E-state index in [-0.39, 0.29) is 0 Å². The Labute approximate surface area is 131 Å². The first-order chi connectivity index (χ1) is 10.3. The molecule has 0 atom stereocenters. The molecule has 1 aliphatic rings. The standard InChI is InChI=1S/C16H19N3O2S/c1-18(2)11-5-7-15-13(9-11)17-14-10-12(19(3)4)6-8-16(14)22(15,20)21/h5-10,17H,1-4H3. The van der Waals surface area contributed by atoms with Crippen LogP contribution in [0.15, 0.2) is 46.2 Å². The second-order valence-electron chi connectivity index (χ2n) is 5.78. The fraction of sp³-hybridized carbons (Fsp3) is 0.250. The summed E-state index contributed by atoms with van der Waals surface area (Å²) in [4.78, 5) is 4.53. The number of anilines is 4. The molecule has 1 N–H and O–H groups in total.